The number of hydrogen-bond donors (Lipinski definition) is 1. The quantitative estimate of drug-likeness (QED) is 0.626. The van der Waals surface area contributed by atoms with Crippen molar-refractivity contribution in [2.24, 2.45) is 5.92 Å². The van der Waals surface area contributed by atoms with Crippen molar-refractivity contribution in [1.82, 2.24) is 10.2 Å². The second-order valence-electron chi connectivity index (χ2n) is 4.66. The molecule has 0 heterocycles. The van der Waals surface area contributed by atoms with Crippen LogP contribution in [0.5, 0.6) is 0 Å². The molecule has 0 radical (unpaired) electrons. The molecule has 90 valence electrons. The average Bonchev–Trinajstić information content (AvgIpc) is 2.15. The predicted octanol–water partition coefficient (Wildman–Crippen LogP) is 1.88. The first-order valence-corrected chi connectivity index (χ1v) is 5.96. The lowest BCUT2D eigenvalue weighted by Crippen LogP contribution is -2.28. The molecule has 3 heteroatoms. The van der Waals surface area contributed by atoms with Crippen molar-refractivity contribution < 1.29 is 4.79 Å². The van der Waals surface area contributed by atoms with Crippen molar-refractivity contribution in [1.29, 1.82) is 0 Å². The van der Waals surface area contributed by atoms with Crippen LogP contribution in [0.15, 0.2) is 0 Å². The van der Waals surface area contributed by atoms with Gasteiger partial charge in [-0.05, 0) is 33.5 Å². The van der Waals surface area contributed by atoms with Gasteiger partial charge in [0.25, 0.3) is 0 Å². The van der Waals surface area contributed by atoms with Gasteiger partial charge in [-0.25, -0.2) is 0 Å². The van der Waals surface area contributed by atoms with Gasteiger partial charge in [0.2, 0.25) is 5.91 Å². The summed E-state index contributed by atoms with van der Waals surface area (Å²) in [7, 11) is 4.20. The first-order valence-electron chi connectivity index (χ1n) is 5.96. The molecule has 0 bridgehead atoms. The monoisotopic (exact) mass is 214 g/mol. The Bertz CT molecular complexity index is 167. The Labute approximate surface area is 94.2 Å². The van der Waals surface area contributed by atoms with Crippen molar-refractivity contribution in [3.05, 3.63) is 0 Å². The van der Waals surface area contributed by atoms with E-state index >= 15 is 0 Å². The molecule has 0 aromatic rings. The summed E-state index contributed by atoms with van der Waals surface area (Å²) in [5, 5.41) is 2.93. The third kappa shape index (κ3) is 9.73. The molecular formula is C12H26N2O. The van der Waals surface area contributed by atoms with Crippen molar-refractivity contribution in [3.8, 4) is 0 Å². The highest BCUT2D eigenvalue weighted by Gasteiger charge is 2.04. The fraction of sp³-hybridized carbons (Fsp3) is 0.917. The molecular weight excluding hydrogens is 188 g/mol. The maximum Gasteiger partial charge on any atom is 0.222 e. The number of hydrogen-bond acceptors (Lipinski definition) is 2. The lowest BCUT2D eigenvalue weighted by Gasteiger charge is -2.09. The van der Waals surface area contributed by atoms with Gasteiger partial charge in [0.05, 0.1) is 0 Å². The van der Waals surface area contributed by atoms with Gasteiger partial charge in [-0.2, -0.15) is 0 Å². The maximum atomic E-state index is 11.2. The van der Waals surface area contributed by atoms with Crippen LogP contribution in [0.25, 0.3) is 0 Å². The SMILES string of the molecule is CC(C)C(=O)NCCCCCCN(C)C. The zero-order valence-corrected chi connectivity index (χ0v) is 10.7. The van der Waals surface area contributed by atoms with E-state index in [4.69, 9.17) is 0 Å². The van der Waals surface area contributed by atoms with Crippen LogP contribution in [0.1, 0.15) is 39.5 Å². The van der Waals surface area contributed by atoms with E-state index in [2.05, 4.69) is 24.3 Å². The van der Waals surface area contributed by atoms with Gasteiger partial charge in [0.15, 0.2) is 0 Å². The van der Waals surface area contributed by atoms with Crippen LogP contribution in [0.4, 0.5) is 0 Å². The lowest BCUT2D eigenvalue weighted by atomic mass is 10.1. The van der Waals surface area contributed by atoms with Crippen molar-refractivity contribution in [2.75, 3.05) is 27.2 Å². The summed E-state index contributed by atoms with van der Waals surface area (Å²) in [6.07, 6.45) is 4.83. The molecule has 0 aliphatic rings. The highest BCUT2D eigenvalue weighted by molar-refractivity contribution is 5.77. The Morgan fingerprint density at radius 2 is 1.73 bits per heavy atom. The summed E-state index contributed by atoms with van der Waals surface area (Å²) < 4.78 is 0. The van der Waals surface area contributed by atoms with Gasteiger partial charge in [-0.15, -0.1) is 0 Å². The summed E-state index contributed by atoms with van der Waals surface area (Å²) in [5.41, 5.74) is 0. The molecule has 15 heavy (non-hydrogen) atoms. The van der Waals surface area contributed by atoms with E-state index in [0.29, 0.717) is 0 Å². The molecule has 0 saturated heterocycles. The van der Waals surface area contributed by atoms with Crippen LogP contribution in [0.2, 0.25) is 0 Å². The lowest BCUT2D eigenvalue weighted by molar-refractivity contribution is -0.123. The summed E-state index contributed by atoms with van der Waals surface area (Å²) >= 11 is 0. The van der Waals surface area contributed by atoms with Crippen LogP contribution in [-0.4, -0.2) is 38.0 Å². The average molecular weight is 214 g/mol. The smallest absolute Gasteiger partial charge is 0.222 e. The normalized spacial score (nSPS) is 11.1. The Kier molecular flexibility index (Phi) is 8.38. The zero-order chi connectivity index (χ0) is 11.7. The predicted molar refractivity (Wildman–Crippen MR) is 64.9 cm³/mol. The molecule has 1 amide bonds. The van der Waals surface area contributed by atoms with Gasteiger partial charge >= 0.3 is 0 Å². The molecule has 0 aromatic carbocycles. The third-order valence-electron chi connectivity index (χ3n) is 2.36. The van der Waals surface area contributed by atoms with Gasteiger partial charge in [-0.3, -0.25) is 4.79 Å². The zero-order valence-electron chi connectivity index (χ0n) is 10.7. The van der Waals surface area contributed by atoms with E-state index in [1.54, 1.807) is 0 Å². The van der Waals surface area contributed by atoms with E-state index in [9.17, 15) is 4.79 Å². The van der Waals surface area contributed by atoms with Gasteiger partial charge in [0.1, 0.15) is 0 Å². The molecule has 0 rings (SSSR count). The summed E-state index contributed by atoms with van der Waals surface area (Å²) in [6.45, 7) is 5.84. The number of nitrogens with one attached hydrogen (secondary N) is 1. The Morgan fingerprint density at radius 3 is 2.27 bits per heavy atom. The molecule has 0 aliphatic heterocycles. The summed E-state index contributed by atoms with van der Waals surface area (Å²) in [5.74, 6) is 0.280. The van der Waals surface area contributed by atoms with Crippen LogP contribution in [-0.2, 0) is 4.79 Å². The van der Waals surface area contributed by atoms with Gasteiger partial charge in [0, 0.05) is 12.5 Å². The van der Waals surface area contributed by atoms with Crippen LogP contribution in [0, 0.1) is 5.92 Å². The van der Waals surface area contributed by atoms with Crippen molar-refractivity contribution >= 4 is 5.91 Å². The highest BCUT2D eigenvalue weighted by Crippen LogP contribution is 2.00. The Morgan fingerprint density at radius 1 is 1.13 bits per heavy atom. The standard InChI is InChI=1S/C12H26N2O/c1-11(2)12(15)13-9-7-5-6-8-10-14(3)4/h11H,5-10H2,1-4H3,(H,13,15). The molecule has 0 saturated carbocycles. The Balaban J connectivity index is 3.15. The van der Waals surface area contributed by atoms with Gasteiger partial charge < -0.3 is 10.2 Å². The molecule has 3 nitrogen and oxygen atoms in total. The largest absolute Gasteiger partial charge is 0.356 e. The van der Waals surface area contributed by atoms with E-state index in [-0.39, 0.29) is 11.8 Å². The van der Waals surface area contributed by atoms with E-state index in [1.165, 1.54) is 25.8 Å². The molecule has 0 aliphatic carbocycles. The molecule has 1 N–H and O–H groups in total. The number of amides is 1. The molecule has 0 aromatic heterocycles. The van der Waals surface area contributed by atoms with Crippen LogP contribution >= 0.6 is 0 Å². The topological polar surface area (TPSA) is 32.3 Å². The van der Waals surface area contributed by atoms with Crippen molar-refractivity contribution in [3.63, 3.8) is 0 Å². The second-order valence-corrected chi connectivity index (χ2v) is 4.66. The van der Waals surface area contributed by atoms with E-state index in [0.717, 1.165) is 13.0 Å². The summed E-state index contributed by atoms with van der Waals surface area (Å²) in [6, 6.07) is 0. The number of carbonyl (C=O) groups is 1. The number of unbranched alkanes of at least 4 members (excludes halogenated alkanes) is 3. The molecule has 0 spiro atoms. The van der Waals surface area contributed by atoms with E-state index in [1.807, 2.05) is 13.8 Å². The van der Waals surface area contributed by atoms with Crippen molar-refractivity contribution in [2.45, 2.75) is 39.5 Å². The first kappa shape index (κ1) is 14.4. The number of rotatable bonds is 8. The van der Waals surface area contributed by atoms with E-state index < -0.39 is 0 Å². The van der Waals surface area contributed by atoms with Gasteiger partial charge in [-0.1, -0.05) is 26.7 Å². The molecule has 0 atom stereocenters. The number of carbonyl (C=O) groups excluding carboxylic acids is 1. The first-order chi connectivity index (χ1) is 7.04. The fourth-order valence-corrected chi connectivity index (χ4v) is 1.32. The molecule has 0 unspecified atom stereocenters. The molecule has 0 fully saturated rings. The highest BCUT2D eigenvalue weighted by atomic mass is 16.1. The minimum Gasteiger partial charge on any atom is -0.356 e. The minimum absolute atomic E-state index is 0.110. The summed E-state index contributed by atoms with van der Waals surface area (Å²) in [4.78, 5) is 13.4. The third-order valence-corrected chi connectivity index (χ3v) is 2.36. The Hall–Kier alpha value is -0.570. The van der Waals surface area contributed by atoms with Crippen LogP contribution < -0.4 is 5.32 Å². The maximum absolute atomic E-state index is 11.2. The second kappa shape index (κ2) is 8.72. The minimum atomic E-state index is 0.110. The number of nitrogens with zero attached hydrogens (tertiary/aromatic N) is 1. The van der Waals surface area contributed by atoms with Crippen LogP contribution in [0.3, 0.4) is 0 Å². The fourth-order valence-electron chi connectivity index (χ4n) is 1.32.